The van der Waals surface area contributed by atoms with Crippen LogP contribution in [0.2, 0.25) is 0 Å². The first-order valence-electron chi connectivity index (χ1n) is 10.1. The van der Waals surface area contributed by atoms with Gasteiger partial charge in [0.15, 0.2) is 5.17 Å². The molecule has 1 saturated heterocycles. The summed E-state index contributed by atoms with van der Waals surface area (Å²) in [7, 11) is 0. The van der Waals surface area contributed by atoms with Crippen LogP contribution < -0.4 is 5.32 Å². The fourth-order valence-corrected chi connectivity index (χ4v) is 4.65. The average Bonchev–Trinajstić information content (AvgIpc) is 3.35. The topological polar surface area (TPSA) is 69.6 Å². The van der Waals surface area contributed by atoms with E-state index in [-0.39, 0.29) is 11.2 Å². The molecule has 4 aromatic rings. The minimum atomic E-state index is -0.190. The molecular weight excluding hydrogens is 404 g/mol. The summed E-state index contributed by atoms with van der Waals surface area (Å²) in [6, 6.07) is 28.3. The first kappa shape index (κ1) is 19.3. The van der Waals surface area contributed by atoms with Crippen LogP contribution in [0.15, 0.2) is 95.1 Å². The molecule has 152 valence electrons. The number of nitrogens with zero attached hydrogens (tertiary/aromatic N) is 2. The molecule has 2 N–H and O–H groups in total. The van der Waals surface area contributed by atoms with Crippen LogP contribution in [0.25, 0.3) is 22.2 Å². The van der Waals surface area contributed by atoms with Crippen molar-refractivity contribution >= 4 is 40.0 Å². The number of rotatable bonds is 5. The van der Waals surface area contributed by atoms with Crippen molar-refractivity contribution in [1.29, 1.82) is 0 Å². The van der Waals surface area contributed by atoms with Crippen molar-refractivity contribution in [2.75, 3.05) is 0 Å². The summed E-state index contributed by atoms with van der Waals surface area (Å²) >= 11 is 1.42. The Bertz CT molecular complexity index is 1280. The highest BCUT2D eigenvalue weighted by Gasteiger charge is 2.30. The Morgan fingerprint density at radius 3 is 2.42 bits per heavy atom. The molecule has 1 atom stereocenters. The maximum atomic E-state index is 12.3. The summed E-state index contributed by atoms with van der Waals surface area (Å²) in [6.07, 6.45) is 2.42. The summed E-state index contributed by atoms with van der Waals surface area (Å²) in [5.41, 5.74) is 5.23. The van der Waals surface area contributed by atoms with E-state index in [1.807, 2.05) is 66.7 Å². The molecule has 5 nitrogen and oxygen atoms in total. The third kappa shape index (κ3) is 4.15. The molecule has 1 aromatic heterocycles. The zero-order chi connectivity index (χ0) is 21.0. The number of para-hydroxylation sites is 1. The lowest BCUT2D eigenvalue weighted by molar-refractivity contribution is -0.118. The van der Waals surface area contributed by atoms with E-state index >= 15 is 0 Å². The zero-order valence-corrected chi connectivity index (χ0v) is 17.5. The normalized spacial score (nSPS) is 17.6. The Morgan fingerprint density at radius 2 is 1.61 bits per heavy atom. The highest BCUT2D eigenvalue weighted by atomic mass is 32.2. The quantitative estimate of drug-likeness (QED) is 0.350. The lowest BCUT2D eigenvalue weighted by Crippen LogP contribution is -2.25. The molecule has 1 amide bonds. The highest BCUT2D eigenvalue weighted by Crippen LogP contribution is 2.29. The van der Waals surface area contributed by atoms with Crippen LogP contribution >= 0.6 is 11.8 Å². The third-order valence-corrected chi connectivity index (χ3v) is 6.26. The standard InChI is InChI=1S/C25H20N4OS/c30-24-22(15-17-9-3-1-4-10-17)31-25(28-24)29-26-16-20-19-13-7-8-14-21(19)27-23(20)18-11-5-2-6-12-18/h1-14,16,22,27H,15H2,(H,28,29,30)/b26-16+. The number of nitrogens with one attached hydrogen (secondary N) is 2. The summed E-state index contributed by atoms with van der Waals surface area (Å²) in [5, 5.41) is 12.9. The molecule has 3 aromatic carbocycles. The fourth-order valence-electron chi connectivity index (χ4n) is 3.68. The van der Waals surface area contributed by atoms with Crippen LogP contribution in [0.1, 0.15) is 11.1 Å². The Kier molecular flexibility index (Phi) is 5.37. The number of H-pyrrole nitrogens is 1. The molecule has 0 spiro atoms. The predicted octanol–water partition coefficient (Wildman–Crippen LogP) is 5.00. The van der Waals surface area contributed by atoms with Gasteiger partial charge in [-0.05, 0) is 23.6 Å². The first-order valence-corrected chi connectivity index (χ1v) is 10.9. The maximum Gasteiger partial charge on any atom is 0.239 e. The van der Waals surface area contributed by atoms with Crippen LogP contribution in [0.4, 0.5) is 0 Å². The molecule has 2 heterocycles. The minimum absolute atomic E-state index is 0.0279. The molecule has 1 aliphatic rings. The van der Waals surface area contributed by atoms with E-state index in [4.69, 9.17) is 0 Å². The second-order valence-electron chi connectivity index (χ2n) is 7.26. The summed E-state index contributed by atoms with van der Waals surface area (Å²) in [4.78, 5) is 15.8. The predicted molar refractivity (Wildman–Crippen MR) is 128 cm³/mol. The summed E-state index contributed by atoms with van der Waals surface area (Å²) < 4.78 is 0. The number of fused-ring (bicyclic) bond motifs is 1. The van der Waals surface area contributed by atoms with Gasteiger partial charge in [0, 0.05) is 16.5 Å². The molecule has 5 rings (SSSR count). The van der Waals surface area contributed by atoms with Gasteiger partial charge >= 0.3 is 0 Å². The van der Waals surface area contributed by atoms with Gasteiger partial charge in [-0.3, -0.25) is 4.79 Å². The first-order chi connectivity index (χ1) is 15.3. The third-order valence-electron chi connectivity index (χ3n) is 5.18. The van der Waals surface area contributed by atoms with Gasteiger partial charge in [-0.15, -0.1) is 5.10 Å². The number of thioether (sulfide) groups is 1. The van der Waals surface area contributed by atoms with E-state index in [1.165, 1.54) is 11.8 Å². The number of benzene rings is 3. The van der Waals surface area contributed by atoms with E-state index in [0.29, 0.717) is 11.6 Å². The van der Waals surface area contributed by atoms with Crippen molar-refractivity contribution in [2.45, 2.75) is 11.7 Å². The molecule has 6 heteroatoms. The SMILES string of the molecule is O=C1N/C(=N\N=C\c2c(-c3ccccc3)[nH]c3ccccc23)SC1Cc1ccccc1. The molecule has 31 heavy (non-hydrogen) atoms. The van der Waals surface area contributed by atoms with Crippen molar-refractivity contribution in [3.8, 4) is 11.3 Å². The lowest BCUT2D eigenvalue weighted by atomic mass is 10.1. The van der Waals surface area contributed by atoms with Crippen LogP contribution in [-0.2, 0) is 11.2 Å². The van der Waals surface area contributed by atoms with Crippen molar-refractivity contribution in [3.63, 3.8) is 0 Å². The number of aromatic amines is 1. The molecule has 1 fully saturated rings. The molecule has 0 aliphatic carbocycles. The lowest BCUT2D eigenvalue weighted by Gasteiger charge is -2.04. The van der Waals surface area contributed by atoms with Gasteiger partial charge in [0.25, 0.3) is 0 Å². The Morgan fingerprint density at radius 1 is 0.903 bits per heavy atom. The van der Waals surface area contributed by atoms with Crippen LogP contribution in [0.3, 0.4) is 0 Å². The van der Waals surface area contributed by atoms with Crippen molar-refractivity contribution in [3.05, 3.63) is 96.1 Å². The van der Waals surface area contributed by atoms with Gasteiger partial charge in [-0.2, -0.15) is 5.10 Å². The minimum Gasteiger partial charge on any atom is -0.354 e. The molecular formula is C25H20N4OS. The fraction of sp³-hybridized carbons (Fsp3) is 0.0800. The van der Waals surface area contributed by atoms with Crippen LogP contribution in [0.5, 0.6) is 0 Å². The van der Waals surface area contributed by atoms with Crippen LogP contribution in [-0.4, -0.2) is 27.5 Å². The van der Waals surface area contributed by atoms with Crippen molar-refractivity contribution < 1.29 is 4.79 Å². The Balaban J connectivity index is 1.40. The molecule has 0 saturated carbocycles. The number of carbonyl (C=O) groups excluding carboxylic acids is 1. The Hall–Kier alpha value is -3.64. The molecule has 0 radical (unpaired) electrons. The van der Waals surface area contributed by atoms with Crippen LogP contribution in [0, 0.1) is 0 Å². The second-order valence-corrected chi connectivity index (χ2v) is 8.45. The number of hydrogen-bond donors (Lipinski definition) is 2. The van der Waals surface area contributed by atoms with Gasteiger partial charge in [0.1, 0.15) is 0 Å². The van der Waals surface area contributed by atoms with E-state index in [9.17, 15) is 4.79 Å². The summed E-state index contributed by atoms with van der Waals surface area (Å²) in [5.74, 6) is -0.0279. The van der Waals surface area contributed by atoms with E-state index < -0.39 is 0 Å². The van der Waals surface area contributed by atoms with Gasteiger partial charge in [0.2, 0.25) is 5.91 Å². The molecule has 1 unspecified atom stereocenters. The van der Waals surface area contributed by atoms with E-state index in [2.05, 4.69) is 38.7 Å². The maximum absolute atomic E-state index is 12.3. The van der Waals surface area contributed by atoms with Gasteiger partial charge in [-0.1, -0.05) is 90.6 Å². The average molecular weight is 425 g/mol. The molecule has 1 aliphatic heterocycles. The highest BCUT2D eigenvalue weighted by molar-refractivity contribution is 8.15. The number of hydrogen-bond acceptors (Lipinski definition) is 4. The van der Waals surface area contributed by atoms with E-state index in [1.54, 1.807) is 6.21 Å². The van der Waals surface area contributed by atoms with Gasteiger partial charge < -0.3 is 10.3 Å². The molecule has 0 bridgehead atoms. The van der Waals surface area contributed by atoms with Crippen molar-refractivity contribution in [2.24, 2.45) is 10.2 Å². The smallest absolute Gasteiger partial charge is 0.239 e. The van der Waals surface area contributed by atoms with E-state index in [0.717, 1.165) is 33.3 Å². The number of aromatic nitrogens is 1. The largest absolute Gasteiger partial charge is 0.354 e. The second kappa shape index (κ2) is 8.62. The summed E-state index contributed by atoms with van der Waals surface area (Å²) in [6.45, 7) is 0. The number of carbonyl (C=O) groups is 1. The van der Waals surface area contributed by atoms with Crippen molar-refractivity contribution in [1.82, 2.24) is 10.3 Å². The monoisotopic (exact) mass is 424 g/mol. The number of amides is 1. The number of amidine groups is 1. The zero-order valence-electron chi connectivity index (χ0n) is 16.7. The van der Waals surface area contributed by atoms with Gasteiger partial charge in [-0.25, -0.2) is 0 Å². The van der Waals surface area contributed by atoms with Gasteiger partial charge in [0.05, 0.1) is 17.2 Å². The Labute approximate surface area is 184 Å².